The van der Waals surface area contributed by atoms with E-state index in [1.807, 2.05) is 0 Å². The number of hydrogen-bond donors (Lipinski definition) is 4. The molecule has 2 heterocycles. The summed E-state index contributed by atoms with van der Waals surface area (Å²) < 4.78 is 5.07. The normalized spacial score (nSPS) is 20.8. The number of ether oxygens (including phenoxy) is 1. The molecule has 1 aromatic carbocycles. The molecule has 2 saturated heterocycles. The second-order valence-corrected chi connectivity index (χ2v) is 8.12. The molecule has 0 bridgehead atoms. The standard InChI is InChI=1S/C22H27N5O8/c1-35-15-6-4-13(5-7-15)20(32)23-16-8-9-18(29)26-10-2-3-17(27(26)22(16)34)21(33)25-24-14(12-28)11-19(30)31/h4-7,12,14,16-17,24H,2-3,8-11H2,1H3,(H,23,32)(H,25,33)(H,30,31)/t14-,16-,17-/m0/s1. The molecule has 13 heteroatoms. The average molecular weight is 489 g/mol. The van der Waals surface area contributed by atoms with Crippen LogP contribution in [0.3, 0.4) is 0 Å². The van der Waals surface area contributed by atoms with Crippen LogP contribution in [0.15, 0.2) is 24.3 Å². The number of carbonyl (C=O) groups excluding carboxylic acids is 5. The monoisotopic (exact) mass is 489 g/mol. The molecule has 3 atom stereocenters. The van der Waals surface area contributed by atoms with Gasteiger partial charge in [0.15, 0.2) is 0 Å². The Labute approximate surface area is 200 Å². The molecular weight excluding hydrogens is 462 g/mol. The minimum absolute atomic E-state index is 0.00574. The number of aldehydes is 1. The topological polar surface area (TPSA) is 174 Å². The summed E-state index contributed by atoms with van der Waals surface area (Å²) in [7, 11) is 1.49. The molecule has 0 spiro atoms. The molecule has 0 aliphatic carbocycles. The van der Waals surface area contributed by atoms with Gasteiger partial charge in [-0.1, -0.05) is 0 Å². The van der Waals surface area contributed by atoms with E-state index in [0.717, 1.165) is 5.01 Å². The predicted octanol–water partition coefficient (Wildman–Crippen LogP) is -1.01. The van der Waals surface area contributed by atoms with Gasteiger partial charge < -0.3 is 20.0 Å². The second-order valence-electron chi connectivity index (χ2n) is 8.12. The number of hydrazine groups is 2. The first-order valence-electron chi connectivity index (χ1n) is 11.1. The molecule has 4 amide bonds. The fourth-order valence-corrected chi connectivity index (χ4v) is 3.96. The molecule has 2 aliphatic rings. The molecule has 2 fully saturated rings. The number of amides is 4. The van der Waals surface area contributed by atoms with E-state index < -0.39 is 48.2 Å². The number of benzene rings is 1. The van der Waals surface area contributed by atoms with E-state index in [0.29, 0.717) is 24.0 Å². The van der Waals surface area contributed by atoms with Crippen molar-refractivity contribution in [3.05, 3.63) is 29.8 Å². The van der Waals surface area contributed by atoms with Crippen molar-refractivity contribution in [1.29, 1.82) is 0 Å². The van der Waals surface area contributed by atoms with Crippen molar-refractivity contribution < 1.29 is 38.6 Å². The Morgan fingerprint density at radius 3 is 2.54 bits per heavy atom. The van der Waals surface area contributed by atoms with Crippen LogP contribution in [0.2, 0.25) is 0 Å². The van der Waals surface area contributed by atoms with Gasteiger partial charge in [0.05, 0.1) is 19.6 Å². The lowest BCUT2D eigenvalue weighted by molar-refractivity contribution is -0.176. The molecule has 0 saturated carbocycles. The highest BCUT2D eigenvalue weighted by molar-refractivity contribution is 5.99. The van der Waals surface area contributed by atoms with Gasteiger partial charge in [0.1, 0.15) is 24.1 Å². The van der Waals surface area contributed by atoms with Crippen LogP contribution in [0.25, 0.3) is 0 Å². The van der Waals surface area contributed by atoms with Crippen molar-refractivity contribution in [2.24, 2.45) is 0 Å². The van der Waals surface area contributed by atoms with Crippen LogP contribution in [-0.4, -0.2) is 82.8 Å². The number of carbonyl (C=O) groups is 6. The van der Waals surface area contributed by atoms with Gasteiger partial charge in [0.25, 0.3) is 17.7 Å². The Morgan fingerprint density at radius 1 is 1.20 bits per heavy atom. The zero-order chi connectivity index (χ0) is 25.5. The van der Waals surface area contributed by atoms with E-state index in [4.69, 9.17) is 9.84 Å². The zero-order valence-electron chi connectivity index (χ0n) is 19.1. The Bertz CT molecular complexity index is 998. The molecule has 0 aromatic heterocycles. The number of carboxylic acids is 1. The maximum Gasteiger partial charge on any atom is 0.305 e. The highest BCUT2D eigenvalue weighted by atomic mass is 16.5. The van der Waals surface area contributed by atoms with Crippen molar-refractivity contribution in [2.45, 2.75) is 50.2 Å². The van der Waals surface area contributed by atoms with Gasteiger partial charge in [-0.3, -0.25) is 34.4 Å². The van der Waals surface area contributed by atoms with E-state index in [1.54, 1.807) is 12.1 Å². The van der Waals surface area contributed by atoms with E-state index in [9.17, 15) is 28.8 Å². The molecule has 188 valence electrons. The lowest BCUT2D eigenvalue weighted by Gasteiger charge is -2.42. The number of carboxylic acid groups (broad SMARTS) is 1. The third kappa shape index (κ3) is 6.12. The summed E-state index contributed by atoms with van der Waals surface area (Å²) in [5.74, 6) is -2.89. The first-order valence-corrected chi connectivity index (χ1v) is 11.1. The van der Waals surface area contributed by atoms with Crippen LogP contribution in [0.1, 0.15) is 42.5 Å². The molecule has 3 rings (SSSR count). The molecular formula is C22H27N5O8. The fraction of sp³-hybridized carbons (Fsp3) is 0.455. The predicted molar refractivity (Wildman–Crippen MR) is 118 cm³/mol. The number of hydrogen-bond acceptors (Lipinski definition) is 8. The minimum atomic E-state index is -1.24. The van der Waals surface area contributed by atoms with E-state index in [2.05, 4.69) is 16.2 Å². The first-order chi connectivity index (χ1) is 16.7. The van der Waals surface area contributed by atoms with Crippen molar-refractivity contribution in [3.63, 3.8) is 0 Å². The summed E-state index contributed by atoms with van der Waals surface area (Å²) in [5.41, 5.74) is 4.91. The smallest absolute Gasteiger partial charge is 0.305 e. The quantitative estimate of drug-likeness (QED) is 0.250. The highest BCUT2D eigenvalue weighted by Gasteiger charge is 2.44. The number of aliphatic carboxylic acids is 1. The van der Waals surface area contributed by atoms with Crippen molar-refractivity contribution in [3.8, 4) is 5.75 Å². The number of rotatable bonds is 9. The number of fused-ring (bicyclic) bond motifs is 1. The largest absolute Gasteiger partial charge is 0.497 e. The zero-order valence-corrected chi connectivity index (χ0v) is 19.1. The van der Waals surface area contributed by atoms with Crippen molar-refractivity contribution >= 4 is 35.9 Å². The summed E-state index contributed by atoms with van der Waals surface area (Å²) in [6.07, 6.45) is 0.517. The van der Waals surface area contributed by atoms with Crippen LogP contribution in [0, 0.1) is 0 Å². The average Bonchev–Trinajstić information content (AvgIpc) is 2.98. The minimum Gasteiger partial charge on any atom is -0.497 e. The van der Waals surface area contributed by atoms with Crippen LogP contribution < -0.4 is 20.9 Å². The maximum absolute atomic E-state index is 13.4. The molecule has 13 nitrogen and oxygen atoms in total. The van der Waals surface area contributed by atoms with Gasteiger partial charge >= 0.3 is 5.97 Å². The molecule has 4 N–H and O–H groups in total. The summed E-state index contributed by atoms with van der Waals surface area (Å²) in [5, 5.41) is 13.8. The van der Waals surface area contributed by atoms with Crippen LogP contribution >= 0.6 is 0 Å². The van der Waals surface area contributed by atoms with E-state index in [1.165, 1.54) is 24.3 Å². The summed E-state index contributed by atoms with van der Waals surface area (Å²) in [6.45, 7) is 0.233. The molecule has 0 unspecified atom stereocenters. The number of nitrogens with one attached hydrogen (secondary N) is 3. The fourth-order valence-electron chi connectivity index (χ4n) is 3.96. The van der Waals surface area contributed by atoms with Crippen LogP contribution in [0.4, 0.5) is 0 Å². The Morgan fingerprint density at radius 2 is 1.91 bits per heavy atom. The van der Waals surface area contributed by atoms with E-state index in [-0.39, 0.29) is 31.7 Å². The molecule has 35 heavy (non-hydrogen) atoms. The maximum atomic E-state index is 13.4. The lowest BCUT2D eigenvalue weighted by atomic mass is 10.1. The Balaban J connectivity index is 1.75. The van der Waals surface area contributed by atoms with Gasteiger partial charge in [-0.15, -0.1) is 0 Å². The Kier molecular flexibility index (Phi) is 8.36. The van der Waals surface area contributed by atoms with Gasteiger partial charge in [0, 0.05) is 18.5 Å². The van der Waals surface area contributed by atoms with Gasteiger partial charge in [-0.2, -0.15) is 0 Å². The van der Waals surface area contributed by atoms with Gasteiger partial charge in [-0.05, 0) is 43.5 Å². The highest BCUT2D eigenvalue weighted by Crippen LogP contribution is 2.25. The van der Waals surface area contributed by atoms with Gasteiger partial charge in [0.2, 0.25) is 5.91 Å². The second kappa shape index (κ2) is 11.4. The van der Waals surface area contributed by atoms with E-state index >= 15 is 0 Å². The molecule has 0 radical (unpaired) electrons. The molecule has 1 aromatic rings. The number of methoxy groups -OCH3 is 1. The summed E-state index contributed by atoms with van der Waals surface area (Å²) in [4.78, 5) is 73.6. The number of nitrogens with zero attached hydrogens (tertiary/aromatic N) is 2. The molecule has 2 aliphatic heterocycles. The third-order valence-corrected chi connectivity index (χ3v) is 5.76. The van der Waals surface area contributed by atoms with Crippen LogP contribution in [-0.2, 0) is 24.0 Å². The third-order valence-electron chi connectivity index (χ3n) is 5.76. The lowest BCUT2D eigenvalue weighted by Crippen LogP contribution is -2.65. The van der Waals surface area contributed by atoms with Crippen molar-refractivity contribution in [2.75, 3.05) is 13.7 Å². The Hall–Kier alpha value is -4.00. The summed E-state index contributed by atoms with van der Waals surface area (Å²) in [6, 6.07) is 2.97. The van der Waals surface area contributed by atoms with Crippen molar-refractivity contribution in [1.82, 2.24) is 26.2 Å². The van der Waals surface area contributed by atoms with Gasteiger partial charge in [-0.25, -0.2) is 10.4 Å². The summed E-state index contributed by atoms with van der Waals surface area (Å²) >= 11 is 0. The van der Waals surface area contributed by atoms with Crippen LogP contribution in [0.5, 0.6) is 5.75 Å². The SMILES string of the molecule is COc1ccc(C(=O)N[C@H]2CCC(=O)N3CCC[C@@H](C(=O)NN[C@H](C=O)CC(=O)O)N3C2=O)cc1. The first kappa shape index (κ1) is 25.6.